The van der Waals surface area contributed by atoms with E-state index < -0.39 is 28.5 Å². The SMILES string of the molecule is CCCCNC(=O)C(C)N(Cc1c(Cl)cccc1Cl)C(=O)CN(c1cccc(Cl)c1C)S(=O)(=O)c1ccccc1. The topological polar surface area (TPSA) is 86.8 Å². The van der Waals surface area contributed by atoms with Gasteiger partial charge in [-0.1, -0.05) is 78.5 Å². The molecule has 0 bridgehead atoms. The molecule has 11 heteroatoms. The standard InChI is InChI=1S/C29H32Cl3N3O4S/c1-4-5-17-33-29(37)21(3)34(18-23-25(31)14-9-15-26(23)32)28(36)19-35(27-16-10-13-24(30)20(27)2)40(38,39)22-11-7-6-8-12-22/h6-16,21H,4-5,17-19H2,1-3H3,(H,33,37). The molecule has 1 N–H and O–H groups in total. The minimum absolute atomic E-state index is 0.00762. The van der Waals surface area contributed by atoms with E-state index in [1.165, 1.54) is 17.0 Å². The first-order valence-corrected chi connectivity index (χ1v) is 15.4. The third kappa shape index (κ3) is 7.49. The van der Waals surface area contributed by atoms with E-state index in [2.05, 4.69) is 5.32 Å². The van der Waals surface area contributed by atoms with Crippen molar-refractivity contribution in [1.82, 2.24) is 10.2 Å². The first kappa shape index (κ1) is 31.7. The highest BCUT2D eigenvalue weighted by Crippen LogP contribution is 2.32. The van der Waals surface area contributed by atoms with Gasteiger partial charge in [-0.25, -0.2) is 8.42 Å². The molecule has 0 aliphatic carbocycles. The third-order valence-corrected chi connectivity index (χ3v) is 9.40. The van der Waals surface area contributed by atoms with E-state index in [1.807, 2.05) is 6.92 Å². The third-order valence-electron chi connectivity index (χ3n) is 6.50. The van der Waals surface area contributed by atoms with Gasteiger partial charge in [0.05, 0.1) is 10.6 Å². The monoisotopic (exact) mass is 623 g/mol. The van der Waals surface area contributed by atoms with Crippen LogP contribution in [0.2, 0.25) is 15.1 Å². The second kappa shape index (κ2) is 14.2. The molecule has 0 spiro atoms. The molecule has 1 unspecified atom stereocenters. The van der Waals surface area contributed by atoms with E-state index in [-0.39, 0.29) is 23.0 Å². The van der Waals surface area contributed by atoms with Crippen LogP contribution in [0.4, 0.5) is 5.69 Å². The molecule has 0 aliphatic rings. The van der Waals surface area contributed by atoms with Crippen LogP contribution >= 0.6 is 34.8 Å². The van der Waals surface area contributed by atoms with Crippen molar-refractivity contribution in [3.8, 4) is 0 Å². The number of nitrogens with one attached hydrogen (secondary N) is 1. The maximum Gasteiger partial charge on any atom is 0.264 e. The van der Waals surface area contributed by atoms with Crippen LogP contribution < -0.4 is 9.62 Å². The smallest absolute Gasteiger partial charge is 0.264 e. The zero-order chi connectivity index (χ0) is 29.4. The van der Waals surface area contributed by atoms with Crippen molar-refractivity contribution < 1.29 is 18.0 Å². The quantitative estimate of drug-likeness (QED) is 0.234. The number of hydrogen-bond donors (Lipinski definition) is 1. The Balaban J connectivity index is 2.07. The Morgan fingerprint density at radius 1 is 0.900 bits per heavy atom. The van der Waals surface area contributed by atoms with Gasteiger partial charge in [0, 0.05) is 33.7 Å². The van der Waals surface area contributed by atoms with Gasteiger partial charge >= 0.3 is 0 Å². The molecule has 2 amide bonds. The molecule has 0 radical (unpaired) electrons. The molecule has 3 rings (SSSR count). The van der Waals surface area contributed by atoms with E-state index in [1.54, 1.807) is 68.4 Å². The maximum atomic E-state index is 14.0. The van der Waals surface area contributed by atoms with Gasteiger partial charge in [0.15, 0.2) is 0 Å². The Morgan fingerprint density at radius 3 is 2.12 bits per heavy atom. The molecule has 0 fully saturated rings. The number of carbonyl (C=O) groups excluding carboxylic acids is 2. The normalized spacial score (nSPS) is 12.1. The number of rotatable bonds is 12. The highest BCUT2D eigenvalue weighted by molar-refractivity contribution is 7.92. The summed E-state index contributed by atoms with van der Waals surface area (Å²) in [4.78, 5) is 28.4. The van der Waals surface area contributed by atoms with Crippen molar-refractivity contribution in [3.63, 3.8) is 0 Å². The molecule has 1 atom stereocenters. The maximum absolute atomic E-state index is 14.0. The molecule has 0 saturated carbocycles. The summed E-state index contributed by atoms with van der Waals surface area (Å²) in [5.41, 5.74) is 1.19. The van der Waals surface area contributed by atoms with Gasteiger partial charge < -0.3 is 10.2 Å². The van der Waals surface area contributed by atoms with E-state index in [0.717, 1.165) is 17.1 Å². The lowest BCUT2D eigenvalue weighted by Crippen LogP contribution is -2.51. The summed E-state index contributed by atoms with van der Waals surface area (Å²) < 4.78 is 28.8. The molecule has 40 heavy (non-hydrogen) atoms. The minimum Gasteiger partial charge on any atom is -0.354 e. The zero-order valence-electron chi connectivity index (χ0n) is 22.5. The fourth-order valence-corrected chi connectivity index (χ4v) is 6.25. The average molecular weight is 625 g/mol. The first-order chi connectivity index (χ1) is 19.0. The van der Waals surface area contributed by atoms with Crippen LogP contribution in [-0.4, -0.2) is 44.3 Å². The number of unbranched alkanes of at least 4 members (excludes halogenated alkanes) is 1. The molecule has 0 aliphatic heterocycles. The number of anilines is 1. The number of amides is 2. The fraction of sp³-hybridized carbons (Fsp3) is 0.310. The highest BCUT2D eigenvalue weighted by atomic mass is 35.5. The molecule has 214 valence electrons. The van der Waals surface area contributed by atoms with Crippen LogP contribution in [-0.2, 0) is 26.2 Å². The predicted molar refractivity (Wildman–Crippen MR) is 162 cm³/mol. The van der Waals surface area contributed by atoms with Gasteiger partial charge in [-0.15, -0.1) is 0 Å². The second-order valence-electron chi connectivity index (χ2n) is 9.25. The molecular formula is C29H32Cl3N3O4S. The number of nitrogens with zero attached hydrogens (tertiary/aromatic N) is 2. The average Bonchev–Trinajstić information content (AvgIpc) is 2.93. The molecule has 0 heterocycles. The first-order valence-electron chi connectivity index (χ1n) is 12.8. The Morgan fingerprint density at radius 2 is 1.50 bits per heavy atom. The van der Waals surface area contributed by atoms with Crippen LogP contribution in [0.1, 0.15) is 37.8 Å². The van der Waals surface area contributed by atoms with Crippen LogP contribution in [0.15, 0.2) is 71.6 Å². The molecule has 0 aromatic heterocycles. The summed E-state index contributed by atoms with van der Waals surface area (Å²) in [6, 6.07) is 16.7. The van der Waals surface area contributed by atoms with Gasteiger partial charge in [-0.3, -0.25) is 13.9 Å². The molecular weight excluding hydrogens is 593 g/mol. The van der Waals surface area contributed by atoms with Gasteiger partial charge in [0.1, 0.15) is 12.6 Å². The van der Waals surface area contributed by atoms with E-state index in [0.29, 0.717) is 32.7 Å². The van der Waals surface area contributed by atoms with Gasteiger partial charge in [0.2, 0.25) is 11.8 Å². The fourth-order valence-electron chi connectivity index (χ4n) is 4.07. The summed E-state index contributed by atoms with van der Waals surface area (Å²) in [5.74, 6) is -0.991. The van der Waals surface area contributed by atoms with E-state index in [4.69, 9.17) is 34.8 Å². The molecule has 0 saturated heterocycles. The van der Waals surface area contributed by atoms with E-state index >= 15 is 0 Å². The Bertz CT molecular complexity index is 1430. The van der Waals surface area contributed by atoms with Crippen LogP contribution in [0.5, 0.6) is 0 Å². The number of carbonyl (C=O) groups is 2. The molecule has 7 nitrogen and oxygen atoms in total. The highest BCUT2D eigenvalue weighted by Gasteiger charge is 2.33. The summed E-state index contributed by atoms with van der Waals surface area (Å²) >= 11 is 19.2. The van der Waals surface area contributed by atoms with Gasteiger partial charge in [-0.2, -0.15) is 0 Å². The summed E-state index contributed by atoms with van der Waals surface area (Å²) in [6.07, 6.45) is 1.66. The van der Waals surface area contributed by atoms with Crippen molar-refractivity contribution in [2.75, 3.05) is 17.4 Å². The number of benzene rings is 3. The van der Waals surface area contributed by atoms with Crippen LogP contribution in [0.3, 0.4) is 0 Å². The number of hydrogen-bond acceptors (Lipinski definition) is 4. The van der Waals surface area contributed by atoms with Crippen molar-refractivity contribution in [1.29, 1.82) is 0 Å². The second-order valence-corrected chi connectivity index (χ2v) is 12.3. The molecule has 3 aromatic carbocycles. The Labute approximate surface area is 251 Å². The lowest BCUT2D eigenvalue weighted by molar-refractivity contribution is -0.139. The number of halogens is 3. The zero-order valence-corrected chi connectivity index (χ0v) is 25.6. The van der Waals surface area contributed by atoms with Crippen molar-refractivity contribution in [2.24, 2.45) is 0 Å². The van der Waals surface area contributed by atoms with Gasteiger partial charge in [0.25, 0.3) is 10.0 Å². The lowest BCUT2D eigenvalue weighted by Gasteiger charge is -2.33. The van der Waals surface area contributed by atoms with Crippen molar-refractivity contribution >= 4 is 62.3 Å². The van der Waals surface area contributed by atoms with Crippen LogP contribution in [0, 0.1) is 6.92 Å². The van der Waals surface area contributed by atoms with Crippen molar-refractivity contribution in [2.45, 2.75) is 51.1 Å². The summed E-state index contributed by atoms with van der Waals surface area (Å²) in [5, 5.41) is 3.84. The predicted octanol–water partition coefficient (Wildman–Crippen LogP) is 6.48. The Hall–Kier alpha value is -2.78. The van der Waals surface area contributed by atoms with Crippen LogP contribution in [0.25, 0.3) is 0 Å². The Kier molecular flexibility index (Phi) is 11.3. The lowest BCUT2D eigenvalue weighted by atomic mass is 10.1. The number of sulfonamides is 1. The van der Waals surface area contributed by atoms with Crippen molar-refractivity contribution in [3.05, 3.63) is 92.9 Å². The minimum atomic E-state index is -4.20. The summed E-state index contributed by atoms with van der Waals surface area (Å²) in [6.45, 7) is 5.03. The molecule has 3 aromatic rings. The largest absolute Gasteiger partial charge is 0.354 e. The summed E-state index contributed by atoms with van der Waals surface area (Å²) in [7, 11) is -4.20. The van der Waals surface area contributed by atoms with Gasteiger partial charge in [-0.05, 0) is 62.2 Å². The van der Waals surface area contributed by atoms with E-state index in [9.17, 15) is 18.0 Å².